The van der Waals surface area contributed by atoms with Crippen molar-refractivity contribution in [2.75, 3.05) is 0 Å². The third kappa shape index (κ3) is 2.06. The lowest BCUT2D eigenvalue weighted by Crippen LogP contribution is -2.39. The zero-order valence-corrected chi connectivity index (χ0v) is 12.7. The smallest absolute Gasteiger partial charge is 0.125 e. The maximum Gasteiger partial charge on any atom is 0.125 e. The summed E-state index contributed by atoms with van der Waals surface area (Å²) in [5, 5.41) is 0. The summed E-state index contributed by atoms with van der Waals surface area (Å²) in [4.78, 5) is 9.24. The molecule has 0 amide bonds. The van der Waals surface area contributed by atoms with E-state index in [1.807, 2.05) is 6.92 Å². The van der Waals surface area contributed by atoms with Crippen molar-refractivity contribution in [2.45, 2.75) is 60.8 Å². The van der Waals surface area contributed by atoms with Crippen LogP contribution in [0.4, 0.5) is 0 Å². The molecular formula is C16H26N2. The zero-order chi connectivity index (χ0) is 13.5. The lowest BCUT2D eigenvalue weighted by molar-refractivity contribution is 0.0880. The molecular weight excluding hydrogens is 220 g/mol. The average Bonchev–Trinajstić information content (AvgIpc) is 2.27. The van der Waals surface area contributed by atoms with Gasteiger partial charge in [0.2, 0.25) is 0 Å². The third-order valence-electron chi connectivity index (χ3n) is 5.05. The molecule has 0 aromatic carbocycles. The molecule has 0 aliphatic heterocycles. The second kappa shape index (κ2) is 4.64. The highest BCUT2D eigenvalue weighted by atomic mass is 14.9. The Hall–Kier alpha value is -0.920. The molecule has 0 radical (unpaired) electrons. The molecule has 2 heteroatoms. The van der Waals surface area contributed by atoms with Crippen LogP contribution in [0.5, 0.6) is 0 Å². The predicted octanol–water partition coefficient (Wildman–Crippen LogP) is 3.88. The standard InChI is InChI=1S/C16H26N2/c1-10(2)16(11(3)4)8-7-14-12(5)17-13(6)18-15(14)9-16/h10-11H,7-9H2,1-6H3. The van der Waals surface area contributed by atoms with Gasteiger partial charge in [0.1, 0.15) is 5.82 Å². The van der Waals surface area contributed by atoms with Gasteiger partial charge in [-0.25, -0.2) is 9.97 Å². The zero-order valence-electron chi connectivity index (χ0n) is 12.7. The number of rotatable bonds is 2. The lowest BCUT2D eigenvalue weighted by atomic mass is 9.60. The summed E-state index contributed by atoms with van der Waals surface area (Å²) in [5.41, 5.74) is 4.34. The molecule has 0 unspecified atom stereocenters. The van der Waals surface area contributed by atoms with Crippen LogP contribution in [-0.2, 0) is 12.8 Å². The first-order chi connectivity index (χ1) is 8.36. The molecule has 1 aliphatic rings. The molecule has 0 N–H and O–H groups in total. The van der Waals surface area contributed by atoms with E-state index in [4.69, 9.17) is 4.98 Å². The van der Waals surface area contributed by atoms with Crippen molar-refractivity contribution in [3.8, 4) is 0 Å². The summed E-state index contributed by atoms with van der Waals surface area (Å²) in [6.07, 6.45) is 3.56. The number of aryl methyl sites for hydroxylation is 2. The maximum absolute atomic E-state index is 4.72. The first-order valence-corrected chi connectivity index (χ1v) is 7.20. The molecule has 1 aromatic rings. The SMILES string of the molecule is Cc1nc(C)c2c(n1)CC(C(C)C)(C(C)C)CC2. The number of hydrogen-bond acceptors (Lipinski definition) is 2. The van der Waals surface area contributed by atoms with E-state index in [1.165, 1.54) is 23.4 Å². The minimum atomic E-state index is 0.417. The van der Waals surface area contributed by atoms with Crippen molar-refractivity contribution in [3.05, 3.63) is 22.8 Å². The van der Waals surface area contributed by atoms with Gasteiger partial charge in [-0.1, -0.05) is 27.7 Å². The second-order valence-corrected chi connectivity index (χ2v) is 6.50. The summed E-state index contributed by atoms with van der Waals surface area (Å²) in [6.45, 7) is 13.6. The van der Waals surface area contributed by atoms with E-state index in [-0.39, 0.29) is 0 Å². The number of aromatic nitrogens is 2. The average molecular weight is 246 g/mol. The Balaban J connectivity index is 2.45. The van der Waals surface area contributed by atoms with E-state index >= 15 is 0 Å². The summed E-state index contributed by atoms with van der Waals surface area (Å²) in [6, 6.07) is 0. The molecule has 18 heavy (non-hydrogen) atoms. The first-order valence-electron chi connectivity index (χ1n) is 7.20. The van der Waals surface area contributed by atoms with Crippen LogP contribution in [-0.4, -0.2) is 9.97 Å². The van der Waals surface area contributed by atoms with Crippen molar-refractivity contribution in [2.24, 2.45) is 17.3 Å². The van der Waals surface area contributed by atoms with Crippen molar-refractivity contribution >= 4 is 0 Å². The molecule has 1 aromatic heterocycles. The number of fused-ring (bicyclic) bond motifs is 1. The molecule has 1 aliphatic carbocycles. The van der Waals surface area contributed by atoms with Crippen LogP contribution >= 0.6 is 0 Å². The van der Waals surface area contributed by atoms with E-state index in [1.54, 1.807) is 0 Å². The number of hydrogen-bond donors (Lipinski definition) is 0. The molecule has 0 fully saturated rings. The van der Waals surface area contributed by atoms with E-state index in [9.17, 15) is 0 Å². The monoisotopic (exact) mass is 246 g/mol. The summed E-state index contributed by atoms with van der Waals surface area (Å²) in [5.74, 6) is 2.34. The van der Waals surface area contributed by atoms with Crippen LogP contribution in [0.1, 0.15) is 56.9 Å². The van der Waals surface area contributed by atoms with Crippen LogP contribution in [0.2, 0.25) is 0 Å². The van der Waals surface area contributed by atoms with Crippen LogP contribution in [0.15, 0.2) is 0 Å². The van der Waals surface area contributed by atoms with Crippen molar-refractivity contribution < 1.29 is 0 Å². The molecule has 0 bridgehead atoms. The van der Waals surface area contributed by atoms with Gasteiger partial charge in [0.05, 0.1) is 0 Å². The molecule has 2 rings (SSSR count). The summed E-state index contributed by atoms with van der Waals surface area (Å²) < 4.78 is 0. The van der Waals surface area contributed by atoms with Crippen LogP contribution in [0, 0.1) is 31.1 Å². The van der Waals surface area contributed by atoms with Gasteiger partial charge >= 0.3 is 0 Å². The topological polar surface area (TPSA) is 25.8 Å². The largest absolute Gasteiger partial charge is 0.238 e. The molecule has 0 saturated carbocycles. The van der Waals surface area contributed by atoms with Gasteiger partial charge in [0, 0.05) is 11.4 Å². The molecule has 0 atom stereocenters. The Labute approximate surface area is 111 Å². The molecule has 0 spiro atoms. The van der Waals surface area contributed by atoms with Gasteiger partial charge < -0.3 is 0 Å². The summed E-state index contributed by atoms with van der Waals surface area (Å²) in [7, 11) is 0. The minimum absolute atomic E-state index is 0.417. The Bertz CT molecular complexity index is 439. The molecule has 1 heterocycles. The van der Waals surface area contributed by atoms with Crippen molar-refractivity contribution in [1.29, 1.82) is 0 Å². The van der Waals surface area contributed by atoms with Gasteiger partial charge in [-0.2, -0.15) is 0 Å². The van der Waals surface area contributed by atoms with Gasteiger partial charge in [-0.05, 0) is 55.9 Å². The fourth-order valence-electron chi connectivity index (χ4n) is 3.69. The molecule has 2 nitrogen and oxygen atoms in total. The first kappa shape index (κ1) is 13.5. The third-order valence-corrected chi connectivity index (χ3v) is 5.05. The minimum Gasteiger partial charge on any atom is -0.238 e. The van der Waals surface area contributed by atoms with E-state index < -0.39 is 0 Å². The summed E-state index contributed by atoms with van der Waals surface area (Å²) >= 11 is 0. The Morgan fingerprint density at radius 1 is 1.00 bits per heavy atom. The van der Waals surface area contributed by atoms with E-state index in [2.05, 4.69) is 39.6 Å². The van der Waals surface area contributed by atoms with Crippen molar-refractivity contribution in [3.63, 3.8) is 0 Å². The Morgan fingerprint density at radius 2 is 1.61 bits per heavy atom. The van der Waals surface area contributed by atoms with Crippen LogP contribution < -0.4 is 0 Å². The number of nitrogens with zero attached hydrogens (tertiary/aromatic N) is 2. The fraction of sp³-hybridized carbons (Fsp3) is 0.750. The highest BCUT2D eigenvalue weighted by Crippen LogP contribution is 2.46. The highest BCUT2D eigenvalue weighted by molar-refractivity contribution is 5.29. The highest BCUT2D eigenvalue weighted by Gasteiger charge is 2.40. The maximum atomic E-state index is 4.72. The lowest BCUT2D eigenvalue weighted by Gasteiger charge is -2.45. The van der Waals surface area contributed by atoms with Crippen LogP contribution in [0.3, 0.4) is 0 Å². The second-order valence-electron chi connectivity index (χ2n) is 6.50. The predicted molar refractivity (Wildman–Crippen MR) is 75.6 cm³/mol. The Kier molecular flexibility index (Phi) is 3.48. The van der Waals surface area contributed by atoms with Gasteiger partial charge in [-0.15, -0.1) is 0 Å². The molecule has 100 valence electrons. The normalized spacial score (nSPS) is 18.2. The fourth-order valence-corrected chi connectivity index (χ4v) is 3.69. The van der Waals surface area contributed by atoms with Gasteiger partial charge in [0.25, 0.3) is 0 Å². The van der Waals surface area contributed by atoms with E-state index in [0.717, 1.165) is 18.7 Å². The molecule has 0 saturated heterocycles. The van der Waals surface area contributed by atoms with Crippen molar-refractivity contribution in [1.82, 2.24) is 9.97 Å². The quantitative estimate of drug-likeness (QED) is 0.791. The van der Waals surface area contributed by atoms with E-state index in [0.29, 0.717) is 17.3 Å². The van der Waals surface area contributed by atoms with Gasteiger partial charge in [0.15, 0.2) is 0 Å². The van der Waals surface area contributed by atoms with Gasteiger partial charge in [-0.3, -0.25) is 0 Å². The van der Waals surface area contributed by atoms with Crippen LogP contribution in [0.25, 0.3) is 0 Å². The Morgan fingerprint density at radius 3 is 2.17 bits per heavy atom.